The molecular weight excluding hydrogens is 507 g/mol. The minimum atomic E-state index is -5.64. The van der Waals surface area contributed by atoms with Crippen molar-refractivity contribution in [3.8, 4) is 0 Å². The van der Waals surface area contributed by atoms with Crippen LogP contribution in [0.15, 0.2) is 18.2 Å². The maximum absolute atomic E-state index is 14.0. The fraction of sp³-hybridized carbons (Fsp3) is 0.400. The molecular formula is C10H5F7I2. The highest BCUT2D eigenvalue weighted by Crippen LogP contribution is 2.49. The van der Waals surface area contributed by atoms with Gasteiger partial charge in [0.05, 0.1) is 6.42 Å². The van der Waals surface area contributed by atoms with Crippen molar-refractivity contribution in [2.24, 2.45) is 0 Å². The van der Waals surface area contributed by atoms with Gasteiger partial charge in [0.2, 0.25) is 5.67 Å². The molecule has 108 valence electrons. The topological polar surface area (TPSA) is 0 Å². The molecule has 0 N–H and O–H groups in total. The number of halogens is 9. The van der Waals surface area contributed by atoms with Crippen LogP contribution in [0.1, 0.15) is 12.0 Å². The molecule has 1 unspecified atom stereocenters. The van der Waals surface area contributed by atoms with Crippen molar-refractivity contribution in [1.29, 1.82) is 0 Å². The molecule has 1 atom stereocenters. The number of benzene rings is 1. The van der Waals surface area contributed by atoms with Gasteiger partial charge in [-0.25, -0.2) is 4.39 Å². The Kier molecular flexibility index (Phi) is 5.01. The van der Waals surface area contributed by atoms with Crippen LogP contribution in [0.25, 0.3) is 0 Å². The van der Waals surface area contributed by atoms with E-state index < -0.39 is 30.0 Å². The van der Waals surface area contributed by atoms with Gasteiger partial charge in [-0.05, 0) is 63.4 Å². The lowest BCUT2D eigenvalue weighted by Crippen LogP contribution is -2.42. The van der Waals surface area contributed by atoms with E-state index in [0.717, 1.165) is 12.1 Å². The van der Waals surface area contributed by atoms with Gasteiger partial charge < -0.3 is 0 Å². The first kappa shape index (κ1) is 17.2. The predicted octanol–water partition coefficient (Wildman–Crippen LogP) is 5.58. The molecule has 19 heavy (non-hydrogen) atoms. The van der Waals surface area contributed by atoms with E-state index in [9.17, 15) is 30.7 Å². The maximum atomic E-state index is 14.0. The lowest BCUT2D eigenvalue weighted by atomic mass is 9.91. The van der Waals surface area contributed by atoms with Crippen molar-refractivity contribution in [3.05, 3.63) is 30.9 Å². The zero-order chi connectivity index (χ0) is 15.1. The lowest BCUT2D eigenvalue weighted by molar-refractivity contribution is -0.273. The molecule has 1 aromatic carbocycles. The second-order valence-corrected chi connectivity index (χ2v) is 6.24. The third-order valence-electron chi connectivity index (χ3n) is 2.21. The molecule has 0 aliphatic carbocycles. The van der Waals surface area contributed by atoms with Gasteiger partial charge in [0.15, 0.2) is 0 Å². The SMILES string of the molecule is FC(F)(F)CC(F)(c1cc(I)cc(I)c1)C(F)(F)F. The quantitative estimate of drug-likeness (QED) is 0.359. The van der Waals surface area contributed by atoms with Crippen LogP contribution in [0.4, 0.5) is 30.7 Å². The summed E-state index contributed by atoms with van der Waals surface area (Å²) in [5, 5.41) is 0. The zero-order valence-electron chi connectivity index (χ0n) is 8.84. The highest BCUT2D eigenvalue weighted by molar-refractivity contribution is 14.1. The Hall–Kier alpha value is 0.190. The van der Waals surface area contributed by atoms with E-state index in [2.05, 4.69) is 0 Å². The van der Waals surface area contributed by atoms with Crippen LogP contribution in [0.3, 0.4) is 0 Å². The molecule has 0 amide bonds. The van der Waals surface area contributed by atoms with Crippen LogP contribution in [0.5, 0.6) is 0 Å². The molecule has 0 bridgehead atoms. The number of hydrogen-bond acceptors (Lipinski definition) is 0. The van der Waals surface area contributed by atoms with E-state index in [1.807, 2.05) is 0 Å². The van der Waals surface area contributed by atoms with E-state index in [0.29, 0.717) is 0 Å². The summed E-state index contributed by atoms with van der Waals surface area (Å²) in [6.07, 6.45) is -13.5. The Morgan fingerprint density at radius 3 is 1.53 bits per heavy atom. The summed E-state index contributed by atoms with van der Waals surface area (Å²) in [5.41, 5.74) is -5.47. The summed E-state index contributed by atoms with van der Waals surface area (Å²) in [6.45, 7) is 0. The molecule has 0 heterocycles. The number of alkyl halides is 7. The smallest absolute Gasteiger partial charge is 0.228 e. The summed E-state index contributed by atoms with van der Waals surface area (Å²) < 4.78 is 89.3. The third-order valence-corrected chi connectivity index (χ3v) is 3.46. The van der Waals surface area contributed by atoms with Crippen LogP contribution in [-0.4, -0.2) is 12.4 Å². The van der Waals surface area contributed by atoms with Crippen molar-refractivity contribution >= 4 is 45.2 Å². The van der Waals surface area contributed by atoms with Crippen molar-refractivity contribution in [1.82, 2.24) is 0 Å². The van der Waals surface area contributed by atoms with Crippen LogP contribution in [-0.2, 0) is 5.67 Å². The van der Waals surface area contributed by atoms with E-state index in [1.165, 1.54) is 6.07 Å². The van der Waals surface area contributed by atoms with Crippen LogP contribution >= 0.6 is 45.2 Å². The summed E-state index contributed by atoms with van der Waals surface area (Å²) in [4.78, 5) is 0. The van der Waals surface area contributed by atoms with Crippen LogP contribution in [0.2, 0.25) is 0 Å². The van der Waals surface area contributed by atoms with Gasteiger partial charge in [-0.1, -0.05) is 0 Å². The van der Waals surface area contributed by atoms with Crippen LogP contribution in [0, 0.1) is 7.14 Å². The van der Waals surface area contributed by atoms with Gasteiger partial charge in [-0.15, -0.1) is 0 Å². The first-order chi connectivity index (χ1) is 8.35. The normalized spacial score (nSPS) is 16.3. The molecule has 0 aromatic heterocycles. The lowest BCUT2D eigenvalue weighted by Gasteiger charge is -2.29. The molecule has 0 saturated carbocycles. The highest BCUT2D eigenvalue weighted by atomic mass is 127. The second-order valence-electron chi connectivity index (χ2n) is 3.75. The summed E-state index contributed by atoms with van der Waals surface area (Å²) in [6, 6.07) is 2.96. The number of rotatable bonds is 2. The maximum Gasteiger partial charge on any atom is 0.427 e. The molecule has 0 aliphatic rings. The van der Waals surface area contributed by atoms with Crippen molar-refractivity contribution in [2.45, 2.75) is 24.4 Å². The Labute approximate surface area is 131 Å². The highest BCUT2D eigenvalue weighted by Gasteiger charge is 2.62. The Morgan fingerprint density at radius 2 is 1.21 bits per heavy atom. The second kappa shape index (κ2) is 5.53. The van der Waals surface area contributed by atoms with Crippen molar-refractivity contribution in [3.63, 3.8) is 0 Å². The standard InChI is InChI=1S/C10H5F7I2/c11-8(10(15,16)17,4-9(12,13)14)5-1-6(18)3-7(19)2-5/h1-3H,4H2. The Balaban J connectivity index is 3.40. The predicted molar refractivity (Wildman–Crippen MR) is 71.4 cm³/mol. The van der Waals surface area contributed by atoms with E-state index in [1.54, 1.807) is 45.2 Å². The van der Waals surface area contributed by atoms with E-state index >= 15 is 0 Å². The minimum absolute atomic E-state index is 0.230. The first-order valence-corrected chi connectivity index (χ1v) is 6.80. The van der Waals surface area contributed by atoms with Gasteiger partial charge in [-0.3, -0.25) is 0 Å². The molecule has 0 saturated heterocycles. The monoisotopic (exact) mass is 512 g/mol. The fourth-order valence-electron chi connectivity index (χ4n) is 1.42. The molecule has 9 heteroatoms. The van der Waals surface area contributed by atoms with Gasteiger partial charge in [-0.2, -0.15) is 26.3 Å². The zero-order valence-corrected chi connectivity index (χ0v) is 13.2. The largest absolute Gasteiger partial charge is 0.427 e. The van der Waals surface area contributed by atoms with E-state index in [4.69, 9.17) is 0 Å². The summed E-state index contributed by atoms with van der Waals surface area (Å²) in [7, 11) is 0. The molecule has 0 spiro atoms. The minimum Gasteiger partial charge on any atom is -0.228 e. The van der Waals surface area contributed by atoms with Crippen molar-refractivity contribution < 1.29 is 30.7 Å². The molecule has 1 rings (SSSR count). The Bertz CT molecular complexity index is 446. The fourth-order valence-corrected chi connectivity index (χ4v) is 3.36. The van der Waals surface area contributed by atoms with Crippen LogP contribution < -0.4 is 0 Å². The summed E-state index contributed by atoms with van der Waals surface area (Å²) in [5.74, 6) is 0. The van der Waals surface area contributed by atoms with Gasteiger partial charge in [0.25, 0.3) is 0 Å². The average Bonchev–Trinajstić information content (AvgIpc) is 2.11. The molecule has 0 radical (unpaired) electrons. The number of hydrogen-bond donors (Lipinski definition) is 0. The molecule has 0 nitrogen and oxygen atoms in total. The Morgan fingerprint density at radius 1 is 0.789 bits per heavy atom. The molecule has 0 aliphatic heterocycles. The van der Waals surface area contributed by atoms with Gasteiger partial charge in [0.1, 0.15) is 0 Å². The van der Waals surface area contributed by atoms with E-state index in [-0.39, 0.29) is 7.14 Å². The molecule has 0 fully saturated rings. The summed E-state index contributed by atoms with van der Waals surface area (Å²) >= 11 is 3.23. The molecule has 1 aromatic rings. The van der Waals surface area contributed by atoms with Gasteiger partial charge in [0, 0.05) is 12.7 Å². The van der Waals surface area contributed by atoms with Crippen molar-refractivity contribution in [2.75, 3.05) is 0 Å². The average molecular weight is 512 g/mol. The first-order valence-electron chi connectivity index (χ1n) is 4.64. The third kappa shape index (κ3) is 4.33. The van der Waals surface area contributed by atoms with Gasteiger partial charge >= 0.3 is 12.4 Å².